The van der Waals surface area contributed by atoms with Crippen molar-refractivity contribution in [2.45, 2.75) is 33.5 Å². The summed E-state index contributed by atoms with van der Waals surface area (Å²) < 4.78 is 11.1. The SMILES string of the molecule is Cc1ccc(NC(=O)[C@@H](C)OC(=O)c2ccccc2OCc2csc(C)n2)cc1. The number of hydrogen-bond acceptors (Lipinski definition) is 6. The minimum absolute atomic E-state index is 0.248. The molecule has 1 heterocycles. The van der Waals surface area contributed by atoms with Gasteiger partial charge in [0.25, 0.3) is 5.91 Å². The summed E-state index contributed by atoms with van der Waals surface area (Å²) in [6.45, 7) is 5.66. The number of para-hydroxylation sites is 1. The Bertz CT molecular complexity index is 998. The molecular formula is C22H22N2O4S. The van der Waals surface area contributed by atoms with Crippen LogP contribution in [-0.4, -0.2) is 23.0 Å². The Morgan fingerprint density at radius 3 is 2.52 bits per heavy atom. The molecule has 6 nitrogen and oxygen atoms in total. The van der Waals surface area contributed by atoms with Gasteiger partial charge in [-0.1, -0.05) is 29.8 Å². The summed E-state index contributed by atoms with van der Waals surface area (Å²) in [5.74, 6) is -0.644. The molecule has 1 amide bonds. The number of thiazole rings is 1. The molecule has 0 aliphatic heterocycles. The normalized spacial score (nSPS) is 11.6. The molecule has 3 rings (SSSR count). The summed E-state index contributed by atoms with van der Waals surface area (Å²) in [5.41, 5.74) is 2.79. The molecule has 0 aliphatic rings. The summed E-state index contributed by atoms with van der Waals surface area (Å²) in [5, 5.41) is 5.59. The minimum atomic E-state index is -0.960. The molecule has 0 saturated heterocycles. The Labute approximate surface area is 173 Å². The lowest BCUT2D eigenvalue weighted by Gasteiger charge is -2.15. The number of nitrogens with zero attached hydrogens (tertiary/aromatic N) is 1. The van der Waals surface area contributed by atoms with Crippen molar-refractivity contribution in [2.75, 3.05) is 5.32 Å². The molecule has 0 spiro atoms. The number of esters is 1. The van der Waals surface area contributed by atoms with Gasteiger partial charge in [-0.3, -0.25) is 4.79 Å². The van der Waals surface area contributed by atoms with E-state index in [4.69, 9.17) is 9.47 Å². The Morgan fingerprint density at radius 1 is 1.10 bits per heavy atom. The van der Waals surface area contributed by atoms with Crippen LogP contribution < -0.4 is 10.1 Å². The third kappa shape index (κ3) is 5.65. The molecule has 3 aromatic rings. The molecule has 1 N–H and O–H groups in total. The van der Waals surface area contributed by atoms with Crippen molar-refractivity contribution in [1.82, 2.24) is 4.98 Å². The summed E-state index contributed by atoms with van der Waals surface area (Å²) >= 11 is 1.54. The van der Waals surface area contributed by atoms with Crippen molar-refractivity contribution < 1.29 is 19.1 Å². The van der Waals surface area contributed by atoms with Crippen LogP contribution in [0, 0.1) is 13.8 Å². The van der Waals surface area contributed by atoms with Gasteiger partial charge in [0.2, 0.25) is 0 Å². The molecule has 2 aromatic carbocycles. The number of amides is 1. The van der Waals surface area contributed by atoms with Crippen LogP contribution in [0.5, 0.6) is 5.75 Å². The third-order valence-corrected chi connectivity index (χ3v) is 4.94. The Morgan fingerprint density at radius 2 is 1.83 bits per heavy atom. The van der Waals surface area contributed by atoms with E-state index in [-0.39, 0.29) is 12.2 Å². The summed E-state index contributed by atoms with van der Waals surface area (Å²) in [6, 6.07) is 14.2. The Kier molecular flexibility index (Phi) is 6.61. The highest BCUT2D eigenvalue weighted by Crippen LogP contribution is 2.21. The van der Waals surface area contributed by atoms with Crippen molar-refractivity contribution in [2.24, 2.45) is 0 Å². The zero-order valence-electron chi connectivity index (χ0n) is 16.5. The van der Waals surface area contributed by atoms with E-state index in [9.17, 15) is 9.59 Å². The van der Waals surface area contributed by atoms with Crippen molar-refractivity contribution in [1.29, 1.82) is 0 Å². The van der Waals surface area contributed by atoms with Crippen LogP contribution in [0.3, 0.4) is 0 Å². The van der Waals surface area contributed by atoms with E-state index < -0.39 is 18.0 Å². The number of nitrogens with one attached hydrogen (secondary N) is 1. The third-order valence-electron chi connectivity index (χ3n) is 4.12. The molecule has 0 radical (unpaired) electrons. The first-order valence-corrected chi connectivity index (χ1v) is 10.0. The van der Waals surface area contributed by atoms with E-state index in [0.717, 1.165) is 16.3 Å². The largest absolute Gasteiger partial charge is 0.486 e. The molecule has 7 heteroatoms. The number of aromatic nitrogens is 1. The maximum atomic E-state index is 12.6. The Hall–Kier alpha value is -3.19. The maximum Gasteiger partial charge on any atom is 0.342 e. The zero-order chi connectivity index (χ0) is 20.8. The first kappa shape index (κ1) is 20.5. The molecule has 1 atom stereocenters. The predicted octanol–water partition coefficient (Wildman–Crippen LogP) is 4.52. The quantitative estimate of drug-likeness (QED) is 0.580. The lowest BCUT2D eigenvalue weighted by Crippen LogP contribution is -2.30. The van der Waals surface area contributed by atoms with Crippen LogP contribution in [-0.2, 0) is 16.1 Å². The lowest BCUT2D eigenvalue weighted by molar-refractivity contribution is -0.123. The van der Waals surface area contributed by atoms with E-state index in [1.807, 2.05) is 31.4 Å². The van der Waals surface area contributed by atoms with E-state index in [1.165, 1.54) is 18.3 Å². The Balaban J connectivity index is 1.62. The van der Waals surface area contributed by atoms with Crippen molar-refractivity contribution in [3.8, 4) is 5.75 Å². The van der Waals surface area contributed by atoms with Crippen LogP contribution in [0.15, 0.2) is 53.9 Å². The summed E-state index contributed by atoms with van der Waals surface area (Å²) in [4.78, 5) is 29.3. The number of hydrogen-bond donors (Lipinski definition) is 1. The van der Waals surface area contributed by atoms with Crippen LogP contribution in [0.1, 0.15) is 33.5 Å². The van der Waals surface area contributed by atoms with Crippen LogP contribution >= 0.6 is 11.3 Å². The number of anilines is 1. The van der Waals surface area contributed by atoms with Crippen LogP contribution in [0.2, 0.25) is 0 Å². The van der Waals surface area contributed by atoms with Crippen molar-refractivity contribution in [3.05, 3.63) is 75.7 Å². The topological polar surface area (TPSA) is 77.5 Å². The maximum absolute atomic E-state index is 12.6. The second-order valence-electron chi connectivity index (χ2n) is 6.55. The second-order valence-corrected chi connectivity index (χ2v) is 7.61. The average molecular weight is 410 g/mol. The number of carbonyl (C=O) groups is 2. The first-order chi connectivity index (χ1) is 13.9. The molecule has 29 heavy (non-hydrogen) atoms. The fraction of sp³-hybridized carbons (Fsp3) is 0.227. The standard InChI is InChI=1S/C22H22N2O4S/c1-14-8-10-17(11-9-14)24-21(25)15(2)28-22(26)19-6-4-5-7-20(19)27-12-18-13-29-16(3)23-18/h4-11,13,15H,12H2,1-3H3,(H,24,25)/t15-/m1/s1. The van der Waals surface area contributed by atoms with Gasteiger partial charge < -0.3 is 14.8 Å². The fourth-order valence-corrected chi connectivity index (χ4v) is 3.14. The van der Waals surface area contributed by atoms with Gasteiger partial charge >= 0.3 is 5.97 Å². The number of ether oxygens (including phenoxy) is 2. The summed E-state index contributed by atoms with van der Waals surface area (Å²) in [6.07, 6.45) is -0.960. The van der Waals surface area contributed by atoms with E-state index in [0.29, 0.717) is 11.4 Å². The highest BCUT2D eigenvalue weighted by Gasteiger charge is 2.21. The second kappa shape index (κ2) is 9.34. The number of carbonyl (C=O) groups excluding carboxylic acids is 2. The molecule has 0 fully saturated rings. The van der Waals surface area contributed by atoms with Gasteiger partial charge in [-0.05, 0) is 45.0 Å². The molecule has 0 unspecified atom stereocenters. The monoisotopic (exact) mass is 410 g/mol. The molecule has 150 valence electrons. The first-order valence-electron chi connectivity index (χ1n) is 9.13. The number of aryl methyl sites for hydroxylation is 2. The van der Waals surface area contributed by atoms with Crippen LogP contribution in [0.4, 0.5) is 5.69 Å². The lowest BCUT2D eigenvalue weighted by atomic mass is 10.2. The van der Waals surface area contributed by atoms with Gasteiger partial charge in [-0.2, -0.15) is 0 Å². The van der Waals surface area contributed by atoms with Crippen LogP contribution in [0.25, 0.3) is 0 Å². The van der Waals surface area contributed by atoms with Gasteiger partial charge in [0.1, 0.15) is 17.9 Å². The van der Waals surface area contributed by atoms with Gasteiger partial charge in [0, 0.05) is 11.1 Å². The van der Waals surface area contributed by atoms with Gasteiger partial charge in [0.05, 0.1) is 10.7 Å². The molecular weight excluding hydrogens is 388 g/mol. The zero-order valence-corrected chi connectivity index (χ0v) is 17.3. The van der Waals surface area contributed by atoms with Crippen molar-refractivity contribution in [3.63, 3.8) is 0 Å². The molecule has 0 aliphatic carbocycles. The average Bonchev–Trinajstić information content (AvgIpc) is 3.13. The molecule has 1 aromatic heterocycles. The van der Waals surface area contributed by atoms with E-state index in [1.54, 1.807) is 36.4 Å². The molecule has 0 bridgehead atoms. The smallest absolute Gasteiger partial charge is 0.342 e. The van der Waals surface area contributed by atoms with Crippen molar-refractivity contribution >= 4 is 28.9 Å². The van der Waals surface area contributed by atoms with Gasteiger partial charge in [0.15, 0.2) is 6.10 Å². The highest BCUT2D eigenvalue weighted by molar-refractivity contribution is 7.09. The highest BCUT2D eigenvalue weighted by atomic mass is 32.1. The van der Waals surface area contributed by atoms with Gasteiger partial charge in [-0.15, -0.1) is 11.3 Å². The van der Waals surface area contributed by atoms with Gasteiger partial charge in [-0.25, -0.2) is 9.78 Å². The number of benzene rings is 2. The number of rotatable bonds is 7. The molecule has 0 saturated carbocycles. The minimum Gasteiger partial charge on any atom is -0.486 e. The van der Waals surface area contributed by atoms with E-state index in [2.05, 4.69) is 10.3 Å². The fourth-order valence-electron chi connectivity index (χ4n) is 2.55. The van der Waals surface area contributed by atoms with E-state index >= 15 is 0 Å². The summed E-state index contributed by atoms with van der Waals surface area (Å²) in [7, 11) is 0. The predicted molar refractivity (Wildman–Crippen MR) is 112 cm³/mol.